The fourth-order valence-corrected chi connectivity index (χ4v) is 2.78. The molecule has 0 fully saturated rings. The molecule has 0 aromatic heterocycles. The van der Waals surface area contributed by atoms with Gasteiger partial charge in [-0.2, -0.15) is 0 Å². The molecule has 0 unspecified atom stereocenters. The van der Waals surface area contributed by atoms with Crippen molar-refractivity contribution in [3.63, 3.8) is 0 Å². The van der Waals surface area contributed by atoms with Gasteiger partial charge in [-0.15, -0.1) is 0 Å². The zero-order valence-electron chi connectivity index (χ0n) is 14.0. The van der Waals surface area contributed by atoms with Crippen LogP contribution in [0, 0.1) is 6.92 Å². The van der Waals surface area contributed by atoms with E-state index < -0.39 is 0 Å². The van der Waals surface area contributed by atoms with Crippen LogP contribution in [0.2, 0.25) is 10.0 Å². The number of aryl methyl sites for hydroxylation is 2. The van der Waals surface area contributed by atoms with Gasteiger partial charge in [-0.3, -0.25) is 4.79 Å². The summed E-state index contributed by atoms with van der Waals surface area (Å²) in [5.41, 5.74) is 2.76. The predicted octanol–water partition coefficient (Wildman–Crippen LogP) is 5.76. The van der Waals surface area contributed by atoms with Crippen LogP contribution in [0.5, 0.6) is 11.5 Å². The van der Waals surface area contributed by atoms with Crippen LogP contribution >= 0.6 is 23.2 Å². The summed E-state index contributed by atoms with van der Waals surface area (Å²) in [6, 6.07) is 9.08. The summed E-state index contributed by atoms with van der Waals surface area (Å²) < 4.78 is 11.2. The van der Waals surface area contributed by atoms with E-state index in [4.69, 9.17) is 32.7 Å². The van der Waals surface area contributed by atoms with Crippen LogP contribution in [0.3, 0.4) is 0 Å². The van der Waals surface area contributed by atoms with Crippen molar-refractivity contribution in [2.75, 3.05) is 0 Å². The molecule has 0 aliphatic heterocycles. The van der Waals surface area contributed by atoms with Crippen molar-refractivity contribution in [2.24, 2.45) is 0 Å². The summed E-state index contributed by atoms with van der Waals surface area (Å²) in [7, 11) is 0. The van der Waals surface area contributed by atoms with Crippen LogP contribution < -0.4 is 9.47 Å². The number of esters is 1. The summed E-state index contributed by atoms with van der Waals surface area (Å²) in [4.78, 5) is 11.6. The molecule has 0 atom stereocenters. The average Bonchev–Trinajstić information content (AvgIpc) is 2.56. The lowest BCUT2D eigenvalue weighted by molar-refractivity contribution is -0.134. The number of carbonyl (C=O) groups excluding carboxylic acids is 1. The van der Waals surface area contributed by atoms with E-state index in [1.165, 1.54) is 0 Å². The molecule has 0 N–H and O–H groups in total. The van der Waals surface area contributed by atoms with Crippen LogP contribution in [0.15, 0.2) is 30.3 Å². The van der Waals surface area contributed by atoms with Gasteiger partial charge in [-0.25, -0.2) is 0 Å². The first-order chi connectivity index (χ1) is 11.5. The van der Waals surface area contributed by atoms with Crippen LogP contribution in [-0.2, 0) is 17.8 Å². The monoisotopic (exact) mass is 366 g/mol. The second-order valence-corrected chi connectivity index (χ2v) is 6.21. The Hall–Kier alpha value is -1.71. The second kappa shape index (κ2) is 8.41. The molecule has 128 valence electrons. The third-order valence-electron chi connectivity index (χ3n) is 3.73. The Balaban J connectivity index is 2.23. The highest BCUT2D eigenvalue weighted by molar-refractivity contribution is 6.34. The molecule has 0 bridgehead atoms. The largest absolute Gasteiger partial charge is 0.487 e. The van der Waals surface area contributed by atoms with Gasteiger partial charge in [0.05, 0.1) is 5.02 Å². The van der Waals surface area contributed by atoms with Crippen molar-refractivity contribution in [3.8, 4) is 11.5 Å². The van der Waals surface area contributed by atoms with E-state index in [1.807, 2.05) is 32.0 Å². The molecule has 2 aromatic rings. The Kier molecular flexibility index (Phi) is 6.52. The first-order valence-corrected chi connectivity index (χ1v) is 8.61. The first kappa shape index (κ1) is 18.6. The molecule has 0 radical (unpaired) electrons. The number of carbonyl (C=O) groups is 1. The lowest BCUT2D eigenvalue weighted by Crippen LogP contribution is -2.09. The van der Waals surface area contributed by atoms with Crippen LogP contribution in [0.4, 0.5) is 0 Å². The van der Waals surface area contributed by atoms with Gasteiger partial charge >= 0.3 is 5.97 Å². The van der Waals surface area contributed by atoms with Crippen molar-refractivity contribution in [2.45, 2.75) is 40.2 Å². The number of hydrogen-bond acceptors (Lipinski definition) is 3. The van der Waals surface area contributed by atoms with E-state index in [-0.39, 0.29) is 12.6 Å². The van der Waals surface area contributed by atoms with Gasteiger partial charge in [-0.1, -0.05) is 49.2 Å². The molecule has 0 amide bonds. The molecule has 2 rings (SSSR count). The minimum absolute atomic E-state index is 0.237. The first-order valence-electron chi connectivity index (χ1n) is 7.86. The number of rotatable bonds is 6. The Morgan fingerprint density at radius 2 is 1.83 bits per heavy atom. The fourth-order valence-electron chi connectivity index (χ4n) is 2.25. The van der Waals surface area contributed by atoms with E-state index in [0.29, 0.717) is 28.0 Å². The van der Waals surface area contributed by atoms with Crippen molar-refractivity contribution < 1.29 is 14.3 Å². The molecule has 3 nitrogen and oxygen atoms in total. The maximum absolute atomic E-state index is 11.6. The van der Waals surface area contributed by atoms with Crippen molar-refractivity contribution in [3.05, 3.63) is 57.1 Å². The maximum Gasteiger partial charge on any atom is 0.310 e. The average molecular weight is 367 g/mol. The van der Waals surface area contributed by atoms with E-state index in [1.54, 1.807) is 19.1 Å². The third-order valence-corrected chi connectivity index (χ3v) is 4.38. The molecule has 0 aliphatic rings. The molecular weight excluding hydrogens is 347 g/mol. The van der Waals surface area contributed by atoms with E-state index in [2.05, 4.69) is 0 Å². The molecule has 0 saturated heterocycles. The summed E-state index contributed by atoms with van der Waals surface area (Å²) >= 11 is 12.5. The highest BCUT2D eigenvalue weighted by atomic mass is 35.5. The van der Waals surface area contributed by atoms with Crippen molar-refractivity contribution in [1.82, 2.24) is 0 Å². The highest BCUT2D eigenvalue weighted by Crippen LogP contribution is 2.33. The molecule has 5 heteroatoms. The van der Waals surface area contributed by atoms with Crippen molar-refractivity contribution in [1.29, 1.82) is 0 Å². The van der Waals surface area contributed by atoms with Gasteiger partial charge in [-0.05, 0) is 36.6 Å². The lowest BCUT2D eigenvalue weighted by Gasteiger charge is -2.15. The molecule has 0 saturated carbocycles. The molecular formula is C19H20Cl2O3. The Labute approximate surface area is 152 Å². The zero-order valence-corrected chi connectivity index (χ0v) is 15.5. The smallest absolute Gasteiger partial charge is 0.310 e. The summed E-state index contributed by atoms with van der Waals surface area (Å²) in [5.74, 6) is 0.736. The Morgan fingerprint density at radius 3 is 2.50 bits per heavy atom. The molecule has 24 heavy (non-hydrogen) atoms. The van der Waals surface area contributed by atoms with Crippen LogP contribution in [0.25, 0.3) is 0 Å². The predicted molar refractivity (Wildman–Crippen MR) is 97.3 cm³/mol. The van der Waals surface area contributed by atoms with Gasteiger partial charge in [0.1, 0.15) is 18.1 Å². The number of hydrogen-bond donors (Lipinski definition) is 0. The standard InChI is InChI=1S/C19H20Cl2O3/c1-4-13-9-16(21)18(10-15(13)20)23-11-14-12(3)7-6-8-17(14)24-19(22)5-2/h6-10H,4-5,11H2,1-3H3. The lowest BCUT2D eigenvalue weighted by atomic mass is 10.1. The van der Waals surface area contributed by atoms with Gasteiger partial charge in [0.25, 0.3) is 0 Å². The van der Waals surface area contributed by atoms with Crippen LogP contribution in [-0.4, -0.2) is 5.97 Å². The number of benzene rings is 2. The molecule has 0 spiro atoms. The van der Waals surface area contributed by atoms with Gasteiger partial charge in [0, 0.05) is 23.1 Å². The zero-order chi connectivity index (χ0) is 17.7. The summed E-state index contributed by atoms with van der Waals surface area (Å²) in [6.45, 7) is 5.95. The second-order valence-electron chi connectivity index (χ2n) is 5.40. The molecule has 2 aromatic carbocycles. The van der Waals surface area contributed by atoms with E-state index >= 15 is 0 Å². The summed E-state index contributed by atoms with van der Waals surface area (Å²) in [6.07, 6.45) is 1.11. The molecule has 0 aliphatic carbocycles. The quantitative estimate of drug-likeness (QED) is 0.481. The van der Waals surface area contributed by atoms with E-state index in [0.717, 1.165) is 23.1 Å². The highest BCUT2D eigenvalue weighted by Gasteiger charge is 2.13. The van der Waals surface area contributed by atoms with Gasteiger partial charge in [0.2, 0.25) is 0 Å². The van der Waals surface area contributed by atoms with Crippen molar-refractivity contribution >= 4 is 29.2 Å². The Bertz CT molecular complexity index is 742. The maximum atomic E-state index is 11.6. The fraction of sp³-hybridized carbons (Fsp3) is 0.316. The SMILES string of the molecule is CCC(=O)Oc1cccc(C)c1COc1cc(Cl)c(CC)cc1Cl. The number of ether oxygens (including phenoxy) is 2. The normalized spacial score (nSPS) is 10.5. The summed E-state index contributed by atoms with van der Waals surface area (Å²) in [5, 5.41) is 1.14. The minimum Gasteiger partial charge on any atom is -0.487 e. The molecule has 0 heterocycles. The van der Waals surface area contributed by atoms with Crippen LogP contribution in [0.1, 0.15) is 37.0 Å². The Morgan fingerprint density at radius 1 is 1.08 bits per heavy atom. The topological polar surface area (TPSA) is 35.5 Å². The minimum atomic E-state index is -0.282. The van der Waals surface area contributed by atoms with Gasteiger partial charge in [0.15, 0.2) is 0 Å². The van der Waals surface area contributed by atoms with E-state index in [9.17, 15) is 4.79 Å². The van der Waals surface area contributed by atoms with Gasteiger partial charge < -0.3 is 9.47 Å². The number of halogens is 2. The third kappa shape index (κ3) is 4.43.